The number of hydrogen-bond donors (Lipinski definition) is 4. The van der Waals surface area contributed by atoms with E-state index in [-0.39, 0.29) is 38.1 Å². The molecule has 0 aliphatic carbocycles. The second-order valence-electron chi connectivity index (χ2n) is 8.38. The van der Waals surface area contributed by atoms with Gasteiger partial charge in [-0.1, -0.05) is 77.6 Å². The molecule has 2 amide bonds. The average Bonchev–Trinajstić information content (AvgIpc) is 2.78. The number of nitrogens with one attached hydrogen (secondary N) is 2. The Labute approximate surface area is 190 Å². The summed E-state index contributed by atoms with van der Waals surface area (Å²) in [4.78, 5) is 25.8. The van der Waals surface area contributed by atoms with Crippen LogP contribution in [0.4, 0.5) is 0 Å². The van der Waals surface area contributed by atoms with Crippen molar-refractivity contribution >= 4 is 11.8 Å². The number of hydrogen-bond acceptors (Lipinski definition) is 5. The van der Waals surface area contributed by atoms with Crippen molar-refractivity contribution < 1.29 is 19.8 Å². The predicted octanol–water partition coefficient (Wildman–Crippen LogP) is 2.99. The van der Waals surface area contributed by atoms with Gasteiger partial charge in [-0.15, -0.1) is 0 Å². The number of unbranched alkanes of at least 4 members (excludes halogenated alkanes) is 11. The van der Waals surface area contributed by atoms with E-state index in [2.05, 4.69) is 22.5 Å². The Hall–Kier alpha value is -1.18. The van der Waals surface area contributed by atoms with E-state index in [1.165, 1.54) is 70.6 Å². The standard InChI is InChI=1S/C24H49N3O4/c1-2-3-4-5-6-7-8-9-10-11-12-13-18-27(19-14-23(30)25-16-21-28)20-15-24(31)26-17-22-29/h28-29H,2-22H2,1H3,(H,25,30)(H,26,31). The van der Waals surface area contributed by atoms with Crippen LogP contribution in [0, 0.1) is 0 Å². The van der Waals surface area contributed by atoms with Crippen molar-refractivity contribution in [3.8, 4) is 0 Å². The number of amides is 2. The van der Waals surface area contributed by atoms with Crippen molar-refractivity contribution in [1.82, 2.24) is 15.5 Å². The van der Waals surface area contributed by atoms with Gasteiger partial charge in [0.25, 0.3) is 0 Å². The summed E-state index contributed by atoms with van der Waals surface area (Å²) in [5.74, 6) is -0.142. The molecule has 0 bridgehead atoms. The summed E-state index contributed by atoms with van der Waals surface area (Å²) in [5, 5.41) is 22.9. The van der Waals surface area contributed by atoms with Crippen molar-refractivity contribution in [3.05, 3.63) is 0 Å². The summed E-state index contributed by atoms with van der Waals surface area (Å²) < 4.78 is 0. The lowest BCUT2D eigenvalue weighted by Crippen LogP contribution is -2.35. The fraction of sp³-hybridized carbons (Fsp3) is 0.917. The van der Waals surface area contributed by atoms with Gasteiger partial charge in [0.05, 0.1) is 13.2 Å². The van der Waals surface area contributed by atoms with Crippen LogP contribution in [0.15, 0.2) is 0 Å². The highest BCUT2D eigenvalue weighted by Gasteiger charge is 2.10. The first kappa shape index (κ1) is 29.8. The average molecular weight is 444 g/mol. The Kier molecular flexibility index (Phi) is 22.6. The largest absolute Gasteiger partial charge is 0.395 e. The molecule has 0 aliphatic rings. The maximum absolute atomic E-state index is 11.8. The van der Waals surface area contributed by atoms with Crippen molar-refractivity contribution in [2.24, 2.45) is 0 Å². The Bertz CT molecular complexity index is 398. The second-order valence-corrected chi connectivity index (χ2v) is 8.38. The summed E-state index contributed by atoms with van der Waals surface area (Å²) in [7, 11) is 0. The minimum atomic E-state index is -0.0709. The zero-order valence-electron chi connectivity index (χ0n) is 20.0. The fourth-order valence-electron chi connectivity index (χ4n) is 3.60. The van der Waals surface area contributed by atoms with Gasteiger partial charge in [0.15, 0.2) is 0 Å². The molecule has 0 saturated carbocycles. The Balaban J connectivity index is 3.93. The number of aliphatic hydroxyl groups excluding tert-OH is 2. The normalized spacial score (nSPS) is 11.1. The highest BCUT2D eigenvalue weighted by Crippen LogP contribution is 2.12. The lowest BCUT2D eigenvalue weighted by Gasteiger charge is -2.22. The summed E-state index contributed by atoms with van der Waals surface area (Å²) in [5.41, 5.74) is 0. The monoisotopic (exact) mass is 443 g/mol. The highest BCUT2D eigenvalue weighted by atomic mass is 16.3. The van der Waals surface area contributed by atoms with E-state index in [0.717, 1.165) is 13.0 Å². The van der Waals surface area contributed by atoms with E-state index < -0.39 is 0 Å². The molecule has 0 spiro atoms. The smallest absolute Gasteiger partial charge is 0.221 e. The van der Waals surface area contributed by atoms with Crippen LogP contribution in [0.25, 0.3) is 0 Å². The molecule has 0 rings (SSSR count). The summed E-state index contributed by atoms with van der Waals surface area (Å²) in [6, 6.07) is 0. The molecule has 7 heteroatoms. The lowest BCUT2D eigenvalue weighted by molar-refractivity contribution is -0.121. The first-order valence-corrected chi connectivity index (χ1v) is 12.6. The van der Waals surface area contributed by atoms with Crippen molar-refractivity contribution in [1.29, 1.82) is 0 Å². The number of rotatable bonds is 23. The molecule has 4 N–H and O–H groups in total. The molecular weight excluding hydrogens is 394 g/mol. The minimum Gasteiger partial charge on any atom is -0.395 e. The van der Waals surface area contributed by atoms with Crippen molar-refractivity contribution in [2.75, 3.05) is 45.9 Å². The van der Waals surface area contributed by atoms with Crippen LogP contribution in [0.3, 0.4) is 0 Å². The molecule has 0 aromatic heterocycles. The molecule has 0 heterocycles. The van der Waals surface area contributed by atoms with E-state index in [1.807, 2.05) is 0 Å². The van der Waals surface area contributed by atoms with Crippen LogP contribution in [0.2, 0.25) is 0 Å². The Morgan fingerprint density at radius 1 is 0.613 bits per heavy atom. The van der Waals surface area contributed by atoms with E-state index in [0.29, 0.717) is 25.9 Å². The molecule has 0 atom stereocenters. The third-order valence-corrected chi connectivity index (χ3v) is 5.51. The molecule has 0 fully saturated rings. The molecule has 0 aliphatic heterocycles. The molecule has 0 radical (unpaired) electrons. The van der Waals surface area contributed by atoms with Gasteiger partial charge in [-0.3, -0.25) is 9.59 Å². The maximum Gasteiger partial charge on any atom is 0.221 e. The quantitative estimate of drug-likeness (QED) is 0.182. The van der Waals surface area contributed by atoms with Crippen LogP contribution >= 0.6 is 0 Å². The number of carbonyl (C=O) groups excluding carboxylic acids is 2. The fourth-order valence-corrected chi connectivity index (χ4v) is 3.60. The Morgan fingerprint density at radius 2 is 1.00 bits per heavy atom. The van der Waals surface area contributed by atoms with Crippen LogP contribution in [-0.4, -0.2) is 72.9 Å². The Morgan fingerprint density at radius 3 is 1.39 bits per heavy atom. The number of aliphatic hydroxyl groups is 2. The zero-order chi connectivity index (χ0) is 23.0. The summed E-state index contributed by atoms with van der Waals surface area (Å²) >= 11 is 0. The van der Waals surface area contributed by atoms with Gasteiger partial charge in [-0.25, -0.2) is 0 Å². The summed E-state index contributed by atoms with van der Waals surface area (Å²) in [6.07, 6.45) is 16.4. The molecule has 0 saturated heterocycles. The van der Waals surface area contributed by atoms with Gasteiger partial charge >= 0.3 is 0 Å². The third-order valence-electron chi connectivity index (χ3n) is 5.51. The van der Waals surface area contributed by atoms with Gasteiger partial charge < -0.3 is 25.7 Å². The first-order valence-electron chi connectivity index (χ1n) is 12.6. The van der Waals surface area contributed by atoms with Gasteiger partial charge in [-0.05, 0) is 13.0 Å². The highest BCUT2D eigenvalue weighted by molar-refractivity contribution is 5.76. The van der Waals surface area contributed by atoms with Crippen molar-refractivity contribution in [3.63, 3.8) is 0 Å². The van der Waals surface area contributed by atoms with Gasteiger partial charge in [0.1, 0.15) is 0 Å². The molecule has 0 unspecified atom stereocenters. The zero-order valence-corrected chi connectivity index (χ0v) is 20.0. The van der Waals surface area contributed by atoms with Crippen LogP contribution < -0.4 is 10.6 Å². The van der Waals surface area contributed by atoms with E-state index in [1.54, 1.807) is 0 Å². The van der Waals surface area contributed by atoms with Crippen LogP contribution in [0.5, 0.6) is 0 Å². The van der Waals surface area contributed by atoms with E-state index in [9.17, 15) is 9.59 Å². The van der Waals surface area contributed by atoms with E-state index >= 15 is 0 Å². The SMILES string of the molecule is CCCCCCCCCCCCCCN(CCC(=O)NCCO)CCC(=O)NCCO. The lowest BCUT2D eigenvalue weighted by atomic mass is 10.1. The predicted molar refractivity (Wildman–Crippen MR) is 127 cm³/mol. The van der Waals surface area contributed by atoms with Crippen LogP contribution in [0.1, 0.15) is 96.8 Å². The molecule has 0 aromatic carbocycles. The van der Waals surface area contributed by atoms with Gasteiger partial charge in [0.2, 0.25) is 11.8 Å². The topological polar surface area (TPSA) is 102 Å². The van der Waals surface area contributed by atoms with Crippen LogP contribution in [-0.2, 0) is 9.59 Å². The van der Waals surface area contributed by atoms with Gasteiger partial charge in [-0.2, -0.15) is 0 Å². The van der Waals surface area contributed by atoms with Crippen molar-refractivity contribution in [2.45, 2.75) is 96.8 Å². The molecule has 184 valence electrons. The number of nitrogens with zero attached hydrogens (tertiary/aromatic N) is 1. The van der Waals surface area contributed by atoms with Gasteiger partial charge in [0, 0.05) is 39.0 Å². The van der Waals surface area contributed by atoms with E-state index in [4.69, 9.17) is 10.2 Å². The first-order chi connectivity index (χ1) is 15.1. The molecular formula is C24H49N3O4. The number of carbonyl (C=O) groups is 2. The minimum absolute atomic E-state index is 0.0562. The molecule has 0 aromatic rings. The summed E-state index contributed by atoms with van der Waals surface area (Å²) in [6.45, 7) is 4.81. The molecule has 7 nitrogen and oxygen atoms in total. The second kappa shape index (κ2) is 23.5. The maximum atomic E-state index is 11.8. The molecule has 31 heavy (non-hydrogen) atoms. The third kappa shape index (κ3) is 21.8.